The summed E-state index contributed by atoms with van der Waals surface area (Å²) in [5.41, 5.74) is 0.122. The molecule has 0 aliphatic carbocycles. The predicted octanol–water partition coefficient (Wildman–Crippen LogP) is 3.22. The van der Waals surface area contributed by atoms with Crippen molar-refractivity contribution < 1.29 is 13.3 Å². The molecule has 2 aromatic rings. The summed E-state index contributed by atoms with van der Waals surface area (Å²) in [6, 6.07) is 4.23. The van der Waals surface area contributed by atoms with Crippen LogP contribution in [-0.4, -0.2) is 44.5 Å². The van der Waals surface area contributed by atoms with Crippen LogP contribution >= 0.6 is 11.6 Å². The molecule has 1 aromatic heterocycles. The third-order valence-corrected chi connectivity index (χ3v) is 6.59. The maximum absolute atomic E-state index is 14.4. The fourth-order valence-electron chi connectivity index (χ4n) is 3.24. The molecular weight excluding hydrogens is 419 g/mol. The first-order chi connectivity index (χ1) is 13.8. The van der Waals surface area contributed by atoms with Gasteiger partial charge in [-0.05, 0) is 38.8 Å². The highest BCUT2D eigenvalue weighted by Gasteiger charge is 2.28. The standard InChI is InChI=1S/C19H24ClFN4O3S/c1-12(2)28-14-4-5-17(15(21)10-14)29(27)24-8-6-13(7-9-24)25-19(26)18(20)16(22-3)11-23-25/h4-5,10-13,22H,6-9H2,1-3H3. The number of hydrogen-bond donors (Lipinski definition) is 1. The number of anilines is 1. The number of nitrogens with one attached hydrogen (secondary N) is 1. The molecule has 1 atom stereocenters. The van der Waals surface area contributed by atoms with Gasteiger partial charge >= 0.3 is 0 Å². The SMILES string of the molecule is CNc1cnn(C2CCN(S(=O)c3ccc(OC(C)C)cc3F)CC2)c(=O)c1Cl. The van der Waals surface area contributed by atoms with Crippen molar-refractivity contribution in [3.63, 3.8) is 0 Å². The summed E-state index contributed by atoms with van der Waals surface area (Å²) in [6.07, 6.45) is 2.57. The van der Waals surface area contributed by atoms with Gasteiger partial charge in [-0.25, -0.2) is 17.6 Å². The zero-order valence-electron chi connectivity index (χ0n) is 16.5. The van der Waals surface area contributed by atoms with E-state index in [9.17, 15) is 13.4 Å². The number of hydrogen-bond acceptors (Lipinski definition) is 5. The maximum Gasteiger partial charge on any atom is 0.287 e. The Morgan fingerprint density at radius 1 is 1.34 bits per heavy atom. The van der Waals surface area contributed by atoms with E-state index in [1.54, 1.807) is 17.4 Å². The van der Waals surface area contributed by atoms with E-state index in [1.165, 1.54) is 23.0 Å². The van der Waals surface area contributed by atoms with Crippen molar-refractivity contribution in [3.8, 4) is 5.75 Å². The van der Waals surface area contributed by atoms with Crippen LogP contribution in [0, 0.1) is 5.82 Å². The van der Waals surface area contributed by atoms with Gasteiger partial charge in [-0.3, -0.25) is 4.79 Å². The van der Waals surface area contributed by atoms with E-state index in [0.717, 1.165) is 0 Å². The van der Waals surface area contributed by atoms with Crippen LogP contribution in [0.25, 0.3) is 0 Å². The Labute approximate surface area is 176 Å². The van der Waals surface area contributed by atoms with Gasteiger partial charge in [-0.2, -0.15) is 5.10 Å². The first kappa shape index (κ1) is 21.7. The number of rotatable bonds is 6. The van der Waals surface area contributed by atoms with Gasteiger partial charge in [0.05, 0.1) is 28.9 Å². The molecule has 0 bridgehead atoms. The molecule has 29 heavy (non-hydrogen) atoms. The van der Waals surface area contributed by atoms with E-state index < -0.39 is 16.8 Å². The second-order valence-electron chi connectivity index (χ2n) is 7.04. The second kappa shape index (κ2) is 9.23. The zero-order chi connectivity index (χ0) is 21.1. The van der Waals surface area contributed by atoms with Gasteiger partial charge in [0.1, 0.15) is 27.6 Å². The summed E-state index contributed by atoms with van der Waals surface area (Å²) in [6.45, 7) is 4.60. The summed E-state index contributed by atoms with van der Waals surface area (Å²) in [5, 5.41) is 7.12. The normalized spacial score (nSPS) is 16.8. The lowest BCUT2D eigenvalue weighted by atomic mass is 10.1. The average molecular weight is 443 g/mol. The topological polar surface area (TPSA) is 76.5 Å². The lowest BCUT2D eigenvalue weighted by Gasteiger charge is -2.31. The van der Waals surface area contributed by atoms with Crippen molar-refractivity contribution in [3.05, 3.63) is 45.6 Å². The minimum Gasteiger partial charge on any atom is -0.491 e. The van der Waals surface area contributed by atoms with Crippen molar-refractivity contribution >= 4 is 28.3 Å². The molecule has 1 unspecified atom stereocenters. The Morgan fingerprint density at radius 3 is 2.62 bits per heavy atom. The van der Waals surface area contributed by atoms with Crippen LogP contribution in [0.5, 0.6) is 5.75 Å². The molecule has 1 aliphatic heterocycles. The fourth-order valence-corrected chi connectivity index (χ4v) is 4.70. The van der Waals surface area contributed by atoms with Crippen molar-refractivity contribution in [2.75, 3.05) is 25.5 Å². The molecule has 0 spiro atoms. The molecule has 0 radical (unpaired) electrons. The Kier molecular flexibility index (Phi) is 6.92. The Morgan fingerprint density at radius 2 is 2.03 bits per heavy atom. The van der Waals surface area contributed by atoms with Crippen LogP contribution in [0.4, 0.5) is 10.1 Å². The number of halogens is 2. The van der Waals surface area contributed by atoms with E-state index in [4.69, 9.17) is 16.3 Å². The largest absolute Gasteiger partial charge is 0.491 e. The van der Waals surface area contributed by atoms with Crippen LogP contribution in [0.15, 0.2) is 34.1 Å². The highest BCUT2D eigenvalue weighted by Crippen LogP contribution is 2.27. The molecule has 7 nitrogen and oxygen atoms in total. The lowest BCUT2D eigenvalue weighted by molar-refractivity contribution is 0.241. The summed E-state index contributed by atoms with van der Waals surface area (Å²) in [7, 11) is 0.0381. The van der Waals surface area contributed by atoms with Gasteiger partial charge in [0.15, 0.2) is 0 Å². The Bertz CT molecular complexity index is 961. The van der Waals surface area contributed by atoms with Crippen LogP contribution in [0.1, 0.15) is 32.7 Å². The van der Waals surface area contributed by atoms with E-state index in [0.29, 0.717) is 37.4 Å². The van der Waals surface area contributed by atoms with Crippen LogP contribution < -0.4 is 15.6 Å². The van der Waals surface area contributed by atoms with Gasteiger partial charge in [0, 0.05) is 26.2 Å². The predicted molar refractivity (Wildman–Crippen MR) is 111 cm³/mol. The van der Waals surface area contributed by atoms with E-state index in [1.807, 2.05) is 13.8 Å². The number of aromatic nitrogens is 2. The number of benzene rings is 1. The minimum atomic E-state index is -1.63. The molecule has 1 N–H and O–H groups in total. The fraction of sp³-hybridized carbons (Fsp3) is 0.474. The van der Waals surface area contributed by atoms with E-state index in [-0.39, 0.29) is 27.6 Å². The molecule has 3 rings (SSSR count). The zero-order valence-corrected chi connectivity index (χ0v) is 18.1. The highest BCUT2D eigenvalue weighted by molar-refractivity contribution is 7.82. The summed E-state index contributed by atoms with van der Waals surface area (Å²) in [4.78, 5) is 12.6. The van der Waals surface area contributed by atoms with Gasteiger partial charge in [-0.15, -0.1) is 0 Å². The van der Waals surface area contributed by atoms with Gasteiger partial charge in [-0.1, -0.05) is 11.6 Å². The van der Waals surface area contributed by atoms with Crippen molar-refractivity contribution in [1.82, 2.24) is 14.1 Å². The van der Waals surface area contributed by atoms with Crippen LogP contribution in [0.2, 0.25) is 5.02 Å². The molecule has 0 amide bonds. The van der Waals surface area contributed by atoms with Gasteiger partial charge < -0.3 is 10.1 Å². The lowest BCUT2D eigenvalue weighted by Crippen LogP contribution is -2.39. The first-order valence-electron chi connectivity index (χ1n) is 9.40. The smallest absolute Gasteiger partial charge is 0.287 e. The molecule has 1 saturated heterocycles. The quantitative estimate of drug-likeness (QED) is 0.743. The Balaban J connectivity index is 1.69. The average Bonchev–Trinajstić information content (AvgIpc) is 2.69. The van der Waals surface area contributed by atoms with Crippen molar-refractivity contribution in [2.45, 2.75) is 43.7 Å². The highest BCUT2D eigenvalue weighted by atomic mass is 35.5. The molecule has 2 heterocycles. The third kappa shape index (κ3) is 4.79. The number of nitrogens with zero attached hydrogens (tertiary/aromatic N) is 3. The molecule has 1 aliphatic rings. The van der Waals surface area contributed by atoms with Crippen LogP contribution in [-0.2, 0) is 11.0 Å². The molecule has 1 aromatic carbocycles. The molecule has 10 heteroatoms. The maximum atomic E-state index is 14.4. The van der Waals surface area contributed by atoms with E-state index in [2.05, 4.69) is 10.4 Å². The van der Waals surface area contributed by atoms with Crippen LogP contribution in [0.3, 0.4) is 0 Å². The number of piperidine rings is 1. The summed E-state index contributed by atoms with van der Waals surface area (Å²) < 4.78 is 35.8. The molecule has 1 fully saturated rings. The summed E-state index contributed by atoms with van der Waals surface area (Å²) >= 11 is 6.09. The van der Waals surface area contributed by atoms with Gasteiger partial charge in [0.25, 0.3) is 5.56 Å². The second-order valence-corrected chi connectivity index (χ2v) is 8.87. The molecule has 0 saturated carbocycles. The van der Waals surface area contributed by atoms with Crippen molar-refractivity contribution in [1.29, 1.82) is 0 Å². The summed E-state index contributed by atoms with van der Waals surface area (Å²) in [5.74, 6) is -0.153. The Hall–Kier alpha value is -1.97. The number of ether oxygens (including phenoxy) is 1. The van der Waals surface area contributed by atoms with Gasteiger partial charge in [0.2, 0.25) is 0 Å². The van der Waals surface area contributed by atoms with Crippen molar-refractivity contribution in [2.24, 2.45) is 0 Å². The monoisotopic (exact) mass is 442 g/mol. The van der Waals surface area contributed by atoms with E-state index >= 15 is 0 Å². The minimum absolute atomic E-state index is 0.0718. The molecule has 158 valence electrons. The molecular formula is C19H24ClFN4O3S. The third-order valence-electron chi connectivity index (χ3n) is 4.68. The first-order valence-corrected chi connectivity index (χ1v) is 10.9.